The molecule has 2 aliphatic heterocycles. The molecule has 1 unspecified atom stereocenters. The molecule has 7 nitrogen and oxygen atoms in total. The first-order valence-corrected chi connectivity index (χ1v) is 10.4. The lowest BCUT2D eigenvalue weighted by Gasteiger charge is -2.48. The molecule has 2 N–H and O–H groups in total. The smallest absolute Gasteiger partial charge is 0.248 e. The topological polar surface area (TPSA) is 89.5 Å². The number of piperidine rings is 1. The largest absolute Gasteiger partial charge is 0.393 e. The molecular formula is C20H30N4O3. The van der Waals surface area contributed by atoms with Crippen molar-refractivity contribution in [2.75, 3.05) is 13.1 Å². The lowest BCUT2D eigenvalue weighted by Crippen LogP contribution is -2.63. The van der Waals surface area contributed by atoms with Gasteiger partial charge in [0.1, 0.15) is 5.54 Å². The van der Waals surface area contributed by atoms with Crippen LogP contribution in [0.4, 0.5) is 0 Å². The molecule has 4 rings (SSSR count). The second-order valence-corrected chi connectivity index (χ2v) is 8.35. The van der Waals surface area contributed by atoms with Crippen LogP contribution in [0.2, 0.25) is 0 Å². The number of carbonyl (C=O) groups excluding carboxylic acids is 2. The predicted octanol–water partition coefficient (Wildman–Crippen LogP) is 1.63. The van der Waals surface area contributed by atoms with Crippen LogP contribution in [0.15, 0.2) is 12.4 Å². The fraction of sp³-hybridized carbons (Fsp3) is 0.750. The van der Waals surface area contributed by atoms with Crippen molar-refractivity contribution in [3.63, 3.8) is 0 Å². The molecule has 1 aliphatic carbocycles. The number of aryl methyl sites for hydroxylation is 1. The molecule has 0 bridgehead atoms. The molecule has 1 aromatic rings. The van der Waals surface area contributed by atoms with Gasteiger partial charge in [0.05, 0.1) is 12.3 Å². The van der Waals surface area contributed by atoms with Gasteiger partial charge in [0.15, 0.2) is 0 Å². The maximum absolute atomic E-state index is 13.5. The highest BCUT2D eigenvalue weighted by Crippen LogP contribution is 2.40. The number of aliphatic hydroxyl groups is 1. The fourth-order valence-electron chi connectivity index (χ4n) is 5.26. The zero-order chi connectivity index (χ0) is 18.9. The first-order valence-electron chi connectivity index (χ1n) is 10.4. The zero-order valence-electron chi connectivity index (χ0n) is 15.9. The Hall–Kier alpha value is -1.89. The van der Waals surface area contributed by atoms with Crippen LogP contribution < -0.4 is 0 Å². The molecule has 7 heteroatoms. The third-order valence-corrected chi connectivity index (χ3v) is 6.73. The van der Waals surface area contributed by atoms with Gasteiger partial charge < -0.3 is 14.9 Å². The number of rotatable bonds is 4. The number of aromatic amines is 1. The van der Waals surface area contributed by atoms with Crippen LogP contribution in [-0.2, 0) is 16.0 Å². The molecule has 148 valence electrons. The van der Waals surface area contributed by atoms with E-state index in [0.29, 0.717) is 19.4 Å². The van der Waals surface area contributed by atoms with Crippen LogP contribution in [0.3, 0.4) is 0 Å². The molecule has 1 spiro atoms. The van der Waals surface area contributed by atoms with Gasteiger partial charge in [-0.15, -0.1) is 0 Å². The van der Waals surface area contributed by atoms with Gasteiger partial charge in [0.25, 0.3) is 0 Å². The van der Waals surface area contributed by atoms with Crippen molar-refractivity contribution >= 4 is 11.8 Å². The normalized spacial score (nSPS) is 31.7. The Balaban J connectivity index is 1.46. The minimum absolute atomic E-state index is 0.0861. The summed E-state index contributed by atoms with van der Waals surface area (Å²) < 4.78 is 0. The third kappa shape index (κ3) is 3.49. The number of likely N-dealkylation sites (tertiary alicyclic amines) is 2. The van der Waals surface area contributed by atoms with E-state index in [4.69, 9.17) is 0 Å². The van der Waals surface area contributed by atoms with Crippen molar-refractivity contribution in [2.45, 2.75) is 81.9 Å². The Bertz CT molecular complexity index is 669. The highest BCUT2D eigenvalue weighted by molar-refractivity contribution is 5.93. The Morgan fingerprint density at radius 2 is 1.96 bits per heavy atom. The molecule has 2 amide bonds. The van der Waals surface area contributed by atoms with Crippen LogP contribution in [0.1, 0.15) is 63.4 Å². The van der Waals surface area contributed by atoms with E-state index >= 15 is 0 Å². The van der Waals surface area contributed by atoms with Gasteiger partial charge in [0.2, 0.25) is 11.8 Å². The predicted molar refractivity (Wildman–Crippen MR) is 99.8 cm³/mol. The number of aliphatic hydroxyl groups excluding tert-OH is 1. The van der Waals surface area contributed by atoms with E-state index in [2.05, 4.69) is 10.2 Å². The number of nitrogens with one attached hydrogen (secondary N) is 1. The summed E-state index contributed by atoms with van der Waals surface area (Å²) in [6, 6.07) is 0.224. The molecule has 0 radical (unpaired) electrons. The SMILES string of the molecule is O=C(CCc1cn[nH]c1)N1CCCC12CCCN(C1CCC(O)CC1)C2=O. The quantitative estimate of drug-likeness (QED) is 0.838. The Kier molecular flexibility index (Phi) is 5.21. The van der Waals surface area contributed by atoms with Crippen molar-refractivity contribution in [3.05, 3.63) is 18.0 Å². The van der Waals surface area contributed by atoms with Gasteiger partial charge >= 0.3 is 0 Å². The van der Waals surface area contributed by atoms with Gasteiger partial charge in [-0.2, -0.15) is 5.10 Å². The minimum Gasteiger partial charge on any atom is -0.393 e. The maximum Gasteiger partial charge on any atom is 0.248 e. The summed E-state index contributed by atoms with van der Waals surface area (Å²) >= 11 is 0. The Morgan fingerprint density at radius 1 is 1.22 bits per heavy atom. The van der Waals surface area contributed by atoms with E-state index in [9.17, 15) is 14.7 Å². The summed E-state index contributed by atoms with van der Waals surface area (Å²) in [5.74, 6) is 0.243. The summed E-state index contributed by atoms with van der Waals surface area (Å²) in [4.78, 5) is 30.4. The van der Waals surface area contributed by atoms with Gasteiger partial charge in [-0.25, -0.2) is 0 Å². The molecule has 27 heavy (non-hydrogen) atoms. The van der Waals surface area contributed by atoms with E-state index in [1.807, 2.05) is 16.0 Å². The first kappa shape index (κ1) is 18.5. The Labute approximate surface area is 160 Å². The van der Waals surface area contributed by atoms with Crippen molar-refractivity contribution in [3.8, 4) is 0 Å². The molecule has 3 heterocycles. The minimum atomic E-state index is -0.623. The van der Waals surface area contributed by atoms with Crippen molar-refractivity contribution in [2.24, 2.45) is 0 Å². The average molecular weight is 374 g/mol. The number of hydrogen-bond acceptors (Lipinski definition) is 4. The van der Waals surface area contributed by atoms with Gasteiger partial charge in [-0.1, -0.05) is 0 Å². The van der Waals surface area contributed by atoms with Crippen LogP contribution in [-0.4, -0.2) is 67.7 Å². The molecular weight excluding hydrogens is 344 g/mol. The number of nitrogens with zero attached hydrogens (tertiary/aromatic N) is 3. The van der Waals surface area contributed by atoms with Gasteiger partial charge in [-0.05, 0) is 63.4 Å². The summed E-state index contributed by atoms with van der Waals surface area (Å²) in [5, 5.41) is 16.5. The van der Waals surface area contributed by atoms with Crippen molar-refractivity contribution in [1.82, 2.24) is 20.0 Å². The zero-order valence-corrected chi connectivity index (χ0v) is 15.9. The number of carbonyl (C=O) groups is 2. The molecule has 3 aliphatic rings. The second-order valence-electron chi connectivity index (χ2n) is 8.35. The van der Waals surface area contributed by atoms with Crippen LogP contribution in [0.5, 0.6) is 0 Å². The van der Waals surface area contributed by atoms with E-state index in [0.717, 1.165) is 63.5 Å². The highest BCUT2D eigenvalue weighted by atomic mass is 16.3. The lowest BCUT2D eigenvalue weighted by atomic mass is 9.82. The average Bonchev–Trinajstić information content (AvgIpc) is 3.34. The summed E-state index contributed by atoms with van der Waals surface area (Å²) in [6.07, 6.45) is 11.1. The Morgan fingerprint density at radius 3 is 2.67 bits per heavy atom. The molecule has 1 aromatic heterocycles. The van der Waals surface area contributed by atoms with Gasteiger partial charge in [0, 0.05) is 31.7 Å². The number of H-pyrrole nitrogens is 1. The van der Waals surface area contributed by atoms with Crippen molar-refractivity contribution in [1.29, 1.82) is 0 Å². The maximum atomic E-state index is 13.5. The summed E-state index contributed by atoms with van der Waals surface area (Å²) in [5.41, 5.74) is 0.399. The number of hydrogen-bond donors (Lipinski definition) is 2. The lowest BCUT2D eigenvalue weighted by molar-refractivity contribution is -0.158. The van der Waals surface area contributed by atoms with E-state index in [-0.39, 0.29) is 24.0 Å². The molecule has 1 atom stereocenters. The fourth-order valence-corrected chi connectivity index (χ4v) is 5.26. The highest BCUT2D eigenvalue weighted by Gasteiger charge is 2.53. The monoisotopic (exact) mass is 374 g/mol. The first-order chi connectivity index (χ1) is 13.1. The third-order valence-electron chi connectivity index (χ3n) is 6.73. The van der Waals surface area contributed by atoms with Gasteiger partial charge in [-0.3, -0.25) is 14.7 Å². The van der Waals surface area contributed by atoms with Crippen LogP contribution in [0.25, 0.3) is 0 Å². The molecule has 3 fully saturated rings. The number of amides is 2. The summed E-state index contributed by atoms with van der Waals surface area (Å²) in [7, 11) is 0. The molecule has 2 saturated heterocycles. The standard InChI is InChI=1S/C20H30N4O3/c25-17-6-4-16(5-7-17)23-11-1-9-20(19(23)27)10-2-12-24(20)18(26)8-3-15-13-21-22-14-15/h13-14,16-17,25H,1-12H2,(H,21,22). The van der Waals surface area contributed by atoms with E-state index in [1.165, 1.54) is 0 Å². The van der Waals surface area contributed by atoms with Crippen LogP contribution >= 0.6 is 0 Å². The second kappa shape index (κ2) is 7.62. The number of aromatic nitrogens is 2. The van der Waals surface area contributed by atoms with Crippen molar-refractivity contribution < 1.29 is 14.7 Å². The summed E-state index contributed by atoms with van der Waals surface area (Å²) in [6.45, 7) is 1.48. The van der Waals surface area contributed by atoms with Crippen LogP contribution in [0, 0.1) is 0 Å². The van der Waals surface area contributed by atoms with E-state index in [1.54, 1.807) is 6.20 Å². The molecule has 1 saturated carbocycles. The van der Waals surface area contributed by atoms with E-state index < -0.39 is 5.54 Å². The molecule has 0 aromatic carbocycles.